The smallest absolute Gasteiger partial charge is 0.163 e. The van der Waals surface area contributed by atoms with Crippen LogP contribution in [0.1, 0.15) is 17.9 Å². The number of hydrogen-bond acceptors (Lipinski definition) is 5. The van der Waals surface area contributed by atoms with Crippen molar-refractivity contribution in [3.63, 3.8) is 0 Å². The van der Waals surface area contributed by atoms with E-state index in [2.05, 4.69) is 25.4 Å². The van der Waals surface area contributed by atoms with E-state index in [4.69, 9.17) is 0 Å². The quantitative estimate of drug-likeness (QED) is 0.822. The number of aromatic nitrogens is 4. The molecule has 0 radical (unpaired) electrons. The number of rotatable bonds is 2. The van der Waals surface area contributed by atoms with Gasteiger partial charge < -0.3 is 5.32 Å². The molecule has 1 N–H and O–H groups in total. The molecule has 0 unspecified atom stereocenters. The highest BCUT2D eigenvalue weighted by molar-refractivity contribution is 5.37. The van der Waals surface area contributed by atoms with E-state index in [1.54, 1.807) is 0 Å². The van der Waals surface area contributed by atoms with Crippen LogP contribution in [0.3, 0.4) is 0 Å². The number of hydrogen-bond donors (Lipinski definition) is 1. The summed E-state index contributed by atoms with van der Waals surface area (Å²) in [5, 5.41) is 11.9. The van der Waals surface area contributed by atoms with Crippen molar-refractivity contribution in [3.05, 3.63) is 23.9 Å². The molecule has 1 aliphatic heterocycles. The van der Waals surface area contributed by atoms with E-state index in [-0.39, 0.29) is 0 Å². The lowest BCUT2D eigenvalue weighted by molar-refractivity contribution is 0.276. The van der Waals surface area contributed by atoms with Gasteiger partial charge in [0.25, 0.3) is 0 Å². The second-order valence-electron chi connectivity index (χ2n) is 4.75. The van der Waals surface area contributed by atoms with Gasteiger partial charge in [0.1, 0.15) is 6.33 Å². The summed E-state index contributed by atoms with van der Waals surface area (Å²) in [5.74, 6) is 0.972. The number of fused-ring (bicyclic) bond motifs is 1. The minimum Gasteiger partial charge on any atom is -0.315 e. The predicted molar refractivity (Wildman–Crippen MR) is 68.3 cm³/mol. The van der Waals surface area contributed by atoms with Crippen LogP contribution in [0.5, 0.6) is 0 Å². The van der Waals surface area contributed by atoms with Gasteiger partial charge in [-0.15, -0.1) is 10.2 Å². The topological polar surface area (TPSA) is 58.4 Å². The van der Waals surface area contributed by atoms with Gasteiger partial charge in [0, 0.05) is 24.8 Å². The summed E-state index contributed by atoms with van der Waals surface area (Å²) in [5.41, 5.74) is 1.85. The average Bonchev–Trinajstić information content (AvgIpc) is 2.59. The average molecular weight is 246 g/mol. The first-order valence-corrected chi connectivity index (χ1v) is 6.42. The highest BCUT2D eigenvalue weighted by Crippen LogP contribution is 2.07. The maximum absolute atomic E-state index is 4.30. The first-order valence-electron chi connectivity index (χ1n) is 6.42. The number of nitrogens with zero attached hydrogens (tertiary/aromatic N) is 5. The summed E-state index contributed by atoms with van der Waals surface area (Å²) in [6.45, 7) is 7.14. The Morgan fingerprint density at radius 3 is 3.17 bits per heavy atom. The maximum Gasteiger partial charge on any atom is 0.163 e. The Kier molecular flexibility index (Phi) is 3.21. The van der Waals surface area contributed by atoms with Crippen molar-refractivity contribution in [3.8, 4) is 0 Å². The van der Waals surface area contributed by atoms with Gasteiger partial charge in [-0.1, -0.05) is 0 Å². The van der Waals surface area contributed by atoms with E-state index < -0.39 is 0 Å². The Labute approximate surface area is 106 Å². The lowest BCUT2D eigenvalue weighted by Gasteiger charge is -2.17. The van der Waals surface area contributed by atoms with E-state index in [1.807, 2.05) is 23.7 Å². The summed E-state index contributed by atoms with van der Waals surface area (Å²) < 4.78 is 1.98. The summed E-state index contributed by atoms with van der Waals surface area (Å²) in [6.07, 6.45) is 3.00. The second kappa shape index (κ2) is 4.99. The molecule has 3 rings (SSSR count). The van der Waals surface area contributed by atoms with Gasteiger partial charge in [-0.3, -0.25) is 9.30 Å². The molecule has 0 aromatic carbocycles. The summed E-state index contributed by atoms with van der Waals surface area (Å²) in [4.78, 5) is 6.72. The van der Waals surface area contributed by atoms with Crippen LogP contribution in [-0.4, -0.2) is 50.7 Å². The van der Waals surface area contributed by atoms with Crippen molar-refractivity contribution in [2.75, 3.05) is 26.2 Å². The zero-order valence-electron chi connectivity index (χ0n) is 10.6. The summed E-state index contributed by atoms with van der Waals surface area (Å²) >= 11 is 0. The Morgan fingerprint density at radius 2 is 2.22 bits per heavy atom. The molecule has 0 bridgehead atoms. The van der Waals surface area contributed by atoms with Gasteiger partial charge in [-0.2, -0.15) is 0 Å². The van der Waals surface area contributed by atoms with Gasteiger partial charge in [0.2, 0.25) is 0 Å². The molecule has 0 aliphatic carbocycles. The zero-order valence-corrected chi connectivity index (χ0v) is 10.6. The zero-order chi connectivity index (χ0) is 12.4. The first kappa shape index (κ1) is 11.6. The molecule has 0 amide bonds. The molecular formula is C12H18N6. The molecule has 0 saturated carbocycles. The largest absolute Gasteiger partial charge is 0.315 e. The SMILES string of the molecule is Cc1cc2nnc(CN3CCCNCC3)n2cn1. The minimum atomic E-state index is 0.841. The van der Waals surface area contributed by atoms with Crippen LogP contribution < -0.4 is 5.32 Å². The maximum atomic E-state index is 4.30. The molecule has 2 aromatic rings. The van der Waals surface area contributed by atoms with Crippen molar-refractivity contribution in [1.29, 1.82) is 0 Å². The molecule has 1 saturated heterocycles. The fourth-order valence-corrected chi connectivity index (χ4v) is 2.30. The van der Waals surface area contributed by atoms with Crippen LogP contribution in [0.25, 0.3) is 5.65 Å². The Morgan fingerprint density at radius 1 is 1.28 bits per heavy atom. The Hall–Kier alpha value is -1.53. The van der Waals surface area contributed by atoms with Crippen molar-refractivity contribution < 1.29 is 0 Å². The molecule has 6 heteroatoms. The molecule has 96 valence electrons. The van der Waals surface area contributed by atoms with Gasteiger partial charge in [0.05, 0.1) is 6.54 Å². The standard InChI is InChI=1S/C12H18N6/c1-10-7-11-15-16-12(18(11)9-14-10)8-17-5-2-3-13-4-6-17/h7,9,13H,2-6,8H2,1H3. The lowest BCUT2D eigenvalue weighted by atomic mass is 10.4. The molecule has 6 nitrogen and oxygen atoms in total. The van der Waals surface area contributed by atoms with Crippen LogP contribution in [0.2, 0.25) is 0 Å². The van der Waals surface area contributed by atoms with Crippen molar-refractivity contribution in [1.82, 2.24) is 29.8 Å². The molecule has 1 fully saturated rings. The van der Waals surface area contributed by atoms with E-state index in [0.29, 0.717) is 0 Å². The van der Waals surface area contributed by atoms with E-state index in [9.17, 15) is 0 Å². The molecular weight excluding hydrogens is 228 g/mol. The van der Waals surface area contributed by atoms with Gasteiger partial charge >= 0.3 is 0 Å². The predicted octanol–water partition coefficient (Wildman–Crippen LogP) is 0.228. The fraction of sp³-hybridized carbons (Fsp3) is 0.583. The molecule has 2 aromatic heterocycles. The highest BCUT2D eigenvalue weighted by Gasteiger charge is 2.13. The molecule has 18 heavy (non-hydrogen) atoms. The Balaban J connectivity index is 1.81. The monoisotopic (exact) mass is 246 g/mol. The van der Waals surface area contributed by atoms with E-state index in [1.165, 1.54) is 6.42 Å². The van der Waals surface area contributed by atoms with Gasteiger partial charge in [0.15, 0.2) is 11.5 Å². The van der Waals surface area contributed by atoms with Crippen LogP contribution in [0.4, 0.5) is 0 Å². The van der Waals surface area contributed by atoms with Crippen LogP contribution in [0, 0.1) is 6.92 Å². The van der Waals surface area contributed by atoms with Crippen LogP contribution >= 0.6 is 0 Å². The summed E-state index contributed by atoms with van der Waals surface area (Å²) in [7, 11) is 0. The fourth-order valence-electron chi connectivity index (χ4n) is 2.30. The van der Waals surface area contributed by atoms with Crippen molar-refractivity contribution >= 4 is 5.65 Å². The van der Waals surface area contributed by atoms with Gasteiger partial charge in [-0.05, 0) is 26.4 Å². The van der Waals surface area contributed by atoms with E-state index in [0.717, 1.165) is 49.9 Å². The van der Waals surface area contributed by atoms with Crippen molar-refractivity contribution in [2.24, 2.45) is 0 Å². The molecule has 3 heterocycles. The second-order valence-corrected chi connectivity index (χ2v) is 4.75. The highest BCUT2D eigenvalue weighted by atomic mass is 15.3. The summed E-state index contributed by atoms with van der Waals surface area (Å²) in [6, 6.07) is 1.96. The molecule has 0 atom stereocenters. The third-order valence-corrected chi connectivity index (χ3v) is 3.31. The third-order valence-electron chi connectivity index (χ3n) is 3.31. The van der Waals surface area contributed by atoms with Crippen LogP contribution in [-0.2, 0) is 6.54 Å². The first-order chi connectivity index (χ1) is 8.83. The molecule has 0 spiro atoms. The number of nitrogens with one attached hydrogen (secondary N) is 1. The van der Waals surface area contributed by atoms with Crippen molar-refractivity contribution in [2.45, 2.75) is 19.9 Å². The third kappa shape index (κ3) is 2.34. The van der Waals surface area contributed by atoms with E-state index >= 15 is 0 Å². The van der Waals surface area contributed by atoms with Gasteiger partial charge in [-0.25, -0.2) is 4.98 Å². The normalized spacial score (nSPS) is 18.1. The van der Waals surface area contributed by atoms with Crippen LogP contribution in [0.15, 0.2) is 12.4 Å². The Bertz CT molecular complexity index is 526. The molecule has 1 aliphatic rings. The minimum absolute atomic E-state index is 0.841. The lowest BCUT2D eigenvalue weighted by Crippen LogP contribution is -2.28. The number of aryl methyl sites for hydroxylation is 1.